The summed E-state index contributed by atoms with van der Waals surface area (Å²) in [5.74, 6) is 0. The summed E-state index contributed by atoms with van der Waals surface area (Å²) < 4.78 is 0. The molecule has 0 spiro atoms. The lowest BCUT2D eigenvalue weighted by Gasteiger charge is -2.18. The molecule has 7 aromatic rings. The van der Waals surface area contributed by atoms with E-state index in [-0.39, 0.29) is 0 Å². The predicted octanol–water partition coefficient (Wildman–Crippen LogP) is 10.0. The Hall–Kier alpha value is -4.95. The molecule has 1 N–H and O–H groups in total. The summed E-state index contributed by atoms with van der Waals surface area (Å²) in [7, 11) is 0. The molecule has 186 valence electrons. The molecule has 7 rings (SSSR count). The van der Waals surface area contributed by atoms with Crippen LogP contribution in [0.15, 0.2) is 128 Å². The molecule has 0 aliphatic carbocycles. The van der Waals surface area contributed by atoms with Gasteiger partial charge in [-0.2, -0.15) is 0 Å². The van der Waals surface area contributed by atoms with Crippen molar-refractivity contribution in [3.05, 3.63) is 139 Å². The number of aromatic nitrogens is 2. The summed E-state index contributed by atoms with van der Waals surface area (Å²) in [6, 6.07) is 39.8. The van der Waals surface area contributed by atoms with Crippen molar-refractivity contribution in [2.45, 2.75) is 13.8 Å². The Bertz CT molecular complexity index is 1890. The summed E-state index contributed by atoms with van der Waals surface area (Å²) in [5.41, 5.74) is 12.1. The smallest absolute Gasteiger partial charge is 0.0373 e. The van der Waals surface area contributed by atoms with Crippen LogP contribution in [0, 0.1) is 13.8 Å². The highest BCUT2D eigenvalue weighted by atomic mass is 14.7. The van der Waals surface area contributed by atoms with Gasteiger partial charge >= 0.3 is 0 Å². The molecule has 0 fully saturated rings. The number of rotatable bonds is 4. The van der Waals surface area contributed by atoms with E-state index in [1.165, 1.54) is 66.1 Å². The third kappa shape index (κ3) is 4.02. The number of nitrogens with zero attached hydrogens (tertiary/aromatic N) is 1. The largest absolute Gasteiger partial charge is 0.367 e. The Kier molecular flexibility index (Phi) is 5.60. The molecule has 2 heterocycles. The van der Waals surface area contributed by atoms with E-state index in [1.807, 2.05) is 19.3 Å². The van der Waals surface area contributed by atoms with Gasteiger partial charge in [-0.15, -0.1) is 0 Å². The van der Waals surface area contributed by atoms with Crippen molar-refractivity contribution in [3.63, 3.8) is 0 Å². The van der Waals surface area contributed by atoms with E-state index in [0.717, 1.165) is 11.3 Å². The number of aromatic amines is 1. The average Bonchev–Trinajstić information content (AvgIpc) is 3.51. The highest BCUT2D eigenvalue weighted by Crippen LogP contribution is 2.44. The number of hydrogen-bond acceptors (Lipinski definition) is 1. The number of pyridine rings is 1. The molecule has 0 saturated carbocycles. The number of fused-ring (bicyclic) bond motifs is 2. The van der Waals surface area contributed by atoms with Crippen LogP contribution in [0.2, 0.25) is 0 Å². The first-order valence-corrected chi connectivity index (χ1v) is 13.4. The maximum Gasteiger partial charge on any atom is 0.0373 e. The Balaban J connectivity index is 1.44. The van der Waals surface area contributed by atoms with Crippen LogP contribution in [0.25, 0.3) is 66.1 Å². The summed E-state index contributed by atoms with van der Waals surface area (Å²) in [6.07, 6.45) is 5.99. The molecule has 0 amide bonds. The topological polar surface area (TPSA) is 28.7 Å². The summed E-state index contributed by atoms with van der Waals surface area (Å²) in [5, 5.41) is 5.07. The van der Waals surface area contributed by atoms with Crippen LogP contribution < -0.4 is 0 Å². The number of H-pyrrole nitrogens is 1. The number of benzene rings is 5. The van der Waals surface area contributed by atoms with Crippen LogP contribution in [0.4, 0.5) is 0 Å². The highest BCUT2D eigenvalue weighted by Gasteiger charge is 2.17. The van der Waals surface area contributed by atoms with Gasteiger partial charge in [-0.25, -0.2) is 0 Å². The minimum atomic E-state index is 1.03. The zero-order valence-electron chi connectivity index (χ0n) is 22.1. The van der Waals surface area contributed by atoms with Gasteiger partial charge in [0.05, 0.1) is 0 Å². The third-order valence-corrected chi connectivity index (χ3v) is 7.77. The van der Waals surface area contributed by atoms with E-state index in [4.69, 9.17) is 0 Å². The van der Waals surface area contributed by atoms with Gasteiger partial charge in [0.2, 0.25) is 0 Å². The van der Waals surface area contributed by atoms with Crippen molar-refractivity contribution in [2.24, 2.45) is 0 Å². The molecule has 2 nitrogen and oxygen atoms in total. The molecular formula is C37H28N2. The molecule has 0 aliphatic rings. The van der Waals surface area contributed by atoms with Gasteiger partial charge in [0.15, 0.2) is 0 Å². The zero-order chi connectivity index (χ0) is 26.3. The third-order valence-electron chi connectivity index (χ3n) is 7.77. The number of hydrogen-bond donors (Lipinski definition) is 1. The minimum absolute atomic E-state index is 1.03. The van der Waals surface area contributed by atoms with E-state index >= 15 is 0 Å². The monoisotopic (exact) mass is 500 g/mol. The first-order chi connectivity index (χ1) is 19.2. The Morgan fingerprint density at radius 2 is 1.08 bits per heavy atom. The standard InChI is InChI=1S/C37H28N2/c1-24-21-28(17-18-31(24)30-19-20-38-22-30)37-34-9-5-3-7-32(34)36(33-8-4-6-10-35(33)37)27-15-13-26(14-16-27)29-12-11-25(2)39-23-29/h3-23,38H,1-2H3. The van der Waals surface area contributed by atoms with Crippen LogP contribution in [0.3, 0.4) is 0 Å². The minimum Gasteiger partial charge on any atom is -0.367 e. The summed E-state index contributed by atoms with van der Waals surface area (Å²) in [4.78, 5) is 7.66. The van der Waals surface area contributed by atoms with E-state index in [9.17, 15) is 0 Å². The van der Waals surface area contributed by atoms with Gasteiger partial charge in [-0.1, -0.05) is 97.1 Å². The van der Waals surface area contributed by atoms with Gasteiger partial charge in [0, 0.05) is 29.8 Å². The van der Waals surface area contributed by atoms with Gasteiger partial charge in [-0.3, -0.25) is 4.98 Å². The van der Waals surface area contributed by atoms with Crippen molar-refractivity contribution in [1.29, 1.82) is 0 Å². The molecule has 0 radical (unpaired) electrons. The van der Waals surface area contributed by atoms with Crippen molar-refractivity contribution in [3.8, 4) is 44.5 Å². The fraction of sp³-hybridized carbons (Fsp3) is 0.0541. The average molecular weight is 501 g/mol. The van der Waals surface area contributed by atoms with Gasteiger partial charge in [0.1, 0.15) is 0 Å². The molecule has 39 heavy (non-hydrogen) atoms. The second-order valence-electron chi connectivity index (χ2n) is 10.2. The zero-order valence-corrected chi connectivity index (χ0v) is 22.1. The summed E-state index contributed by atoms with van der Waals surface area (Å²) >= 11 is 0. The summed E-state index contributed by atoms with van der Waals surface area (Å²) in [6.45, 7) is 4.22. The molecule has 0 saturated heterocycles. The highest BCUT2D eigenvalue weighted by molar-refractivity contribution is 6.21. The van der Waals surface area contributed by atoms with E-state index in [0.29, 0.717) is 0 Å². The maximum atomic E-state index is 4.48. The van der Waals surface area contributed by atoms with E-state index in [2.05, 4.69) is 132 Å². The first-order valence-electron chi connectivity index (χ1n) is 13.4. The molecule has 0 bridgehead atoms. The molecule has 0 unspecified atom stereocenters. The predicted molar refractivity (Wildman–Crippen MR) is 165 cm³/mol. The van der Waals surface area contributed by atoms with Crippen molar-refractivity contribution in [2.75, 3.05) is 0 Å². The van der Waals surface area contributed by atoms with Crippen LogP contribution in [-0.4, -0.2) is 9.97 Å². The van der Waals surface area contributed by atoms with Crippen LogP contribution >= 0.6 is 0 Å². The van der Waals surface area contributed by atoms with E-state index < -0.39 is 0 Å². The quantitative estimate of drug-likeness (QED) is 0.239. The number of nitrogens with one attached hydrogen (secondary N) is 1. The Morgan fingerprint density at radius 1 is 0.513 bits per heavy atom. The Labute approximate surface area is 228 Å². The molecule has 2 heteroatoms. The fourth-order valence-electron chi connectivity index (χ4n) is 5.85. The van der Waals surface area contributed by atoms with Gasteiger partial charge in [-0.05, 0) is 92.0 Å². The molecule has 5 aromatic carbocycles. The lowest BCUT2D eigenvalue weighted by molar-refractivity contribution is 1.20. The SMILES string of the molecule is Cc1ccc(-c2ccc(-c3c4ccccc4c(-c4ccc(-c5cc[nH]c5)c(C)c4)c4ccccc34)cc2)cn1. The number of aryl methyl sites for hydroxylation is 2. The lowest BCUT2D eigenvalue weighted by Crippen LogP contribution is -1.92. The van der Waals surface area contributed by atoms with Crippen molar-refractivity contribution in [1.82, 2.24) is 9.97 Å². The maximum absolute atomic E-state index is 4.48. The van der Waals surface area contributed by atoms with Crippen LogP contribution in [0.1, 0.15) is 11.3 Å². The van der Waals surface area contributed by atoms with E-state index in [1.54, 1.807) is 0 Å². The van der Waals surface area contributed by atoms with Crippen molar-refractivity contribution < 1.29 is 0 Å². The molecule has 0 aliphatic heterocycles. The lowest BCUT2D eigenvalue weighted by atomic mass is 9.85. The second kappa shape index (κ2) is 9.41. The Morgan fingerprint density at radius 3 is 1.62 bits per heavy atom. The van der Waals surface area contributed by atoms with Crippen molar-refractivity contribution >= 4 is 21.5 Å². The molecule has 2 aromatic heterocycles. The van der Waals surface area contributed by atoms with Crippen LogP contribution in [0.5, 0.6) is 0 Å². The van der Waals surface area contributed by atoms with Crippen LogP contribution in [-0.2, 0) is 0 Å². The second-order valence-corrected chi connectivity index (χ2v) is 10.2. The molecular weight excluding hydrogens is 472 g/mol. The first kappa shape index (κ1) is 23.2. The van der Waals surface area contributed by atoms with Gasteiger partial charge < -0.3 is 4.98 Å². The fourth-order valence-corrected chi connectivity index (χ4v) is 5.85. The van der Waals surface area contributed by atoms with Gasteiger partial charge in [0.25, 0.3) is 0 Å². The normalized spacial score (nSPS) is 11.3. The molecule has 0 atom stereocenters.